The highest BCUT2D eigenvalue weighted by atomic mass is 35.5. The molecule has 0 bridgehead atoms. The van der Waals surface area contributed by atoms with E-state index in [0.29, 0.717) is 40.8 Å². The van der Waals surface area contributed by atoms with Crippen molar-refractivity contribution in [2.24, 2.45) is 11.7 Å². The Morgan fingerprint density at radius 3 is 2.37 bits per heavy atom. The van der Waals surface area contributed by atoms with Crippen molar-refractivity contribution in [3.63, 3.8) is 0 Å². The molecule has 0 saturated heterocycles. The van der Waals surface area contributed by atoms with Crippen LogP contribution in [0.1, 0.15) is 65.7 Å². The molecule has 4 rings (SSSR count). The normalized spacial score (nSPS) is 12.3. The van der Waals surface area contributed by atoms with Crippen LogP contribution >= 0.6 is 11.6 Å². The van der Waals surface area contributed by atoms with E-state index in [-0.39, 0.29) is 24.1 Å². The van der Waals surface area contributed by atoms with Gasteiger partial charge in [0.05, 0.1) is 18.3 Å². The maximum absolute atomic E-state index is 14.0. The monoisotopic (exact) mass is 534 g/mol. The Balaban J connectivity index is 1.93. The summed E-state index contributed by atoms with van der Waals surface area (Å²) in [6.45, 7) is 9.11. The van der Waals surface area contributed by atoms with Gasteiger partial charge >= 0.3 is 5.69 Å². The Morgan fingerprint density at radius 2 is 1.74 bits per heavy atom. The summed E-state index contributed by atoms with van der Waals surface area (Å²) in [5.41, 5.74) is 8.87. The highest BCUT2D eigenvalue weighted by Crippen LogP contribution is 2.31. The van der Waals surface area contributed by atoms with E-state index in [1.54, 1.807) is 11.5 Å². The van der Waals surface area contributed by atoms with Gasteiger partial charge in [0.25, 0.3) is 5.91 Å². The fraction of sp³-hybridized carbons (Fsp3) is 0.379. The van der Waals surface area contributed by atoms with Gasteiger partial charge in [0.15, 0.2) is 5.65 Å². The highest BCUT2D eigenvalue weighted by molar-refractivity contribution is 6.34. The van der Waals surface area contributed by atoms with E-state index in [1.165, 1.54) is 4.52 Å². The number of benzene rings is 2. The molecule has 9 heteroatoms. The first-order valence-corrected chi connectivity index (χ1v) is 13.4. The van der Waals surface area contributed by atoms with Crippen LogP contribution in [0.4, 0.5) is 0 Å². The Morgan fingerprint density at radius 1 is 1.05 bits per heavy atom. The van der Waals surface area contributed by atoms with Gasteiger partial charge in [-0.15, -0.1) is 0 Å². The predicted molar refractivity (Wildman–Crippen MR) is 151 cm³/mol. The smallest absolute Gasteiger partial charge is 0.330 e. The van der Waals surface area contributed by atoms with Crippen LogP contribution in [0.5, 0.6) is 0 Å². The molecule has 2 aromatic heterocycles. The maximum atomic E-state index is 14.0. The number of carbonyl (C=O) groups is 1. The second-order valence-corrected chi connectivity index (χ2v) is 10.4. The number of rotatable bonds is 10. The Kier molecular flexibility index (Phi) is 8.64. The van der Waals surface area contributed by atoms with E-state index in [0.717, 1.165) is 24.0 Å². The highest BCUT2D eigenvalue weighted by Gasteiger charge is 2.33. The molecular weight excluding hydrogens is 500 g/mol. The summed E-state index contributed by atoms with van der Waals surface area (Å²) >= 11 is 6.55. The molecule has 0 spiro atoms. The SMILES string of the molecule is Cc1ccc(C(=O)N(CCCCN)C(c2nc3c(Cl)c(C)nn3c(=O)n2Cc2ccccc2)C(C)C)cc1. The molecule has 2 N–H and O–H groups in total. The third-order valence-electron chi connectivity index (χ3n) is 6.70. The van der Waals surface area contributed by atoms with Gasteiger partial charge in [0.2, 0.25) is 0 Å². The summed E-state index contributed by atoms with van der Waals surface area (Å²) in [5.74, 6) is 0.315. The molecule has 1 atom stereocenters. The Bertz CT molecular complexity index is 1460. The van der Waals surface area contributed by atoms with E-state index >= 15 is 0 Å². The van der Waals surface area contributed by atoms with Gasteiger partial charge in [-0.05, 0) is 56.8 Å². The molecule has 0 aliphatic heterocycles. The number of unbranched alkanes of at least 4 members (excludes halogenated alkanes) is 1. The lowest BCUT2D eigenvalue weighted by atomic mass is 9.99. The molecule has 0 radical (unpaired) electrons. The van der Waals surface area contributed by atoms with Gasteiger partial charge in [-0.25, -0.2) is 9.78 Å². The van der Waals surface area contributed by atoms with Gasteiger partial charge in [-0.1, -0.05) is 73.5 Å². The van der Waals surface area contributed by atoms with Crippen LogP contribution in [0.25, 0.3) is 5.65 Å². The van der Waals surface area contributed by atoms with Gasteiger partial charge < -0.3 is 10.6 Å². The largest absolute Gasteiger partial charge is 0.352 e. The number of aryl methyl sites for hydroxylation is 2. The molecular formula is C29H35ClN6O2. The van der Waals surface area contributed by atoms with E-state index in [2.05, 4.69) is 5.10 Å². The van der Waals surface area contributed by atoms with Crippen molar-refractivity contribution in [3.05, 3.63) is 98.3 Å². The van der Waals surface area contributed by atoms with Crippen LogP contribution in [-0.4, -0.2) is 43.1 Å². The molecule has 2 aromatic carbocycles. The summed E-state index contributed by atoms with van der Waals surface area (Å²) in [5, 5.41) is 4.68. The first kappa shape index (κ1) is 27.5. The number of hydrogen-bond acceptors (Lipinski definition) is 5. The maximum Gasteiger partial charge on any atom is 0.352 e. The van der Waals surface area contributed by atoms with Crippen LogP contribution in [-0.2, 0) is 6.54 Å². The van der Waals surface area contributed by atoms with Crippen molar-refractivity contribution < 1.29 is 4.79 Å². The zero-order valence-corrected chi connectivity index (χ0v) is 23.2. The number of nitrogens with two attached hydrogens (primary N) is 1. The second-order valence-electron chi connectivity index (χ2n) is 10.0. The average Bonchev–Trinajstić information content (AvgIpc) is 3.19. The third-order valence-corrected chi connectivity index (χ3v) is 7.14. The lowest BCUT2D eigenvalue weighted by Gasteiger charge is -2.35. The zero-order chi connectivity index (χ0) is 27.4. The Hall–Kier alpha value is -3.49. The van der Waals surface area contributed by atoms with Crippen molar-refractivity contribution in [2.75, 3.05) is 13.1 Å². The zero-order valence-electron chi connectivity index (χ0n) is 22.4. The standard InChI is InChI=1S/C29H35ClN6O2/c1-19(2)25(34(17-9-8-16-31)28(37)23-14-12-20(3)13-15-23)27-32-26-24(30)21(4)33-36(26)29(38)35(27)18-22-10-6-5-7-11-22/h5-7,10-15,19,25H,8-9,16-18,31H2,1-4H3. The van der Waals surface area contributed by atoms with E-state index in [9.17, 15) is 9.59 Å². The number of aromatic nitrogens is 4. The van der Waals surface area contributed by atoms with Crippen molar-refractivity contribution in [1.29, 1.82) is 0 Å². The summed E-state index contributed by atoms with van der Waals surface area (Å²) in [4.78, 5) is 34.6. The topological polar surface area (TPSA) is 98.5 Å². The summed E-state index contributed by atoms with van der Waals surface area (Å²) in [6.07, 6.45) is 1.51. The summed E-state index contributed by atoms with van der Waals surface area (Å²) in [6, 6.07) is 16.8. The van der Waals surface area contributed by atoms with E-state index in [4.69, 9.17) is 22.3 Å². The third kappa shape index (κ3) is 5.66. The fourth-order valence-electron chi connectivity index (χ4n) is 4.70. The molecule has 0 aliphatic rings. The van der Waals surface area contributed by atoms with Crippen LogP contribution in [0.3, 0.4) is 0 Å². The van der Waals surface area contributed by atoms with Crippen LogP contribution < -0.4 is 11.4 Å². The van der Waals surface area contributed by atoms with Gasteiger partial charge in [0.1, 0.15) is 10.8 Å². The molecule has 0 fully saturated rings. The molecule has 1 amide bonds. The van der Waals surface area contributed by atoms with Crippen LogP contribution in [0.2, 0.25) is 5.02 Å². The second kappa shape index (κ2) is 11.9. The molecule has 38 heavy (non-hydrogen) atoms. The van der Waals surface area contributed by atoms with E-state index < -0.39 is 6.04 Å². The summed E-state index contributed by atoms with van der Waals surface area (Å²) < 4.78 is 2.87. The van der Waals surface area contributed by atoms with Crippen molar-refractivity contribution in [2.45, 2.75) is 53.1 Å². The number of carbonyl (C=O) groups excluding carboxylic acids is 1. The quantitative estimate of drug-likeness (QED) is 0.295. The molecule has 8 nitrogen and oxygen atoms in total. The van der Waals surface area contributed by atoms with Crippen LogP contribution in [0, 0.1) is 19.8 Å². The Labute approximate surface area is 228 Å². The minimum atomic E-state index is -0.491. The minimum absolute atomic E-state index is 0.0542. The fourth-order valence-corrected chi connectivity index (χ4v) is 4.86. The van der Waals surface area contributed by atoms with Gasteiger partial charge in [-0.2, -0.15) is 9.61 Å². The van der Waals surface area contributed by atoms with Crippen molar-refractivity contribution in [1.82, 2.24) is 24.1 Å². The van der Waals surface area contributed by atoms with Gasteiger partial charge in [-0.3, -0.25) is 9.36 Å². The molecule has 0 saturated carbocycles. The molecule has 1 unspecified atom stereocenters. The number of amides is 1. The first-order valence-electron chi connectivity index (χ1n) is 13.0. The van der Waals surface area contributed by atoms with Gasteiger partial charge in [0, 0.05) is 12.1 Å². The number of nitrogens with zero attached hydrogens (tertiary/aromatic N) is 5. The molecule has 4 aromatic rings. The average molecular weight is 535 g/mol. The predicted octanol–water partition coefficient (Wildman–Crippen LogP) is 4.79. The molecule has 2 heterocycles. The number of halogens is 1. The lowest BCUT2D eigenvalue weighted by molar-refractivity contribution is 0.0599. The summed E-state index contributed by atoms with van der Waals surface area (Å²) in [7, 11) is 0. The number of fused-ring (bicyclic) bond motifs is 1. The van der Waals surface area contributed by atoms with E-state index in [1.807, 2.05) is 80.3 Å². The minimum Gasteiger partial charge on any atom is -0.330 e. The molecule has 200 valence electrons. The lowest BCUT2D eigenvalue weighted by Crippen LogP contribution is -2.43. The van der Waals surface area contributed by atoms with Crippen LogP contribution in [0.15, 0.2) is 59.4 Å². The molecule has 0 aliphatic carbocycles. The number of hydrogen-bond donors (Lipinski definition) is 1. The van der Waals surface area contributed by atoms with Crippen molar-refractivity contribution in [3.8, 4) is 0 Å². The first-order chi connectivity index (χ1) is 18.2. The van der Waals surface area contributed by atoms with Crippen molar-refractivity contribution >= 4 is 23.2 Å².